The van der Waals surface area contributed by atoms with Crippen LogP contribution in [0, 0.1) is 11.7 Å². The van der Waals surface area contributed by atoms with E-state index in [0.717, 1.165) is 31.1 Å². The molecular weight excluding hydrogens is 290 g/mol. The molecule has 1 aliphatic heterocycles. The summed E-state index contributed by atoms with van der Waals surface area (Å²) in [5.74, 6) is 0. The number of benzene rings is 1. The van der Waals surface area contributed by atoms with Crippen LogP contribution < -0.4 is 0 Å². The van der Waals surface area contributed by atoms with E-state index < -0.39 is 0 Å². The van der Waals surface area contributed by atoms with Gasteiger partial charge >= 0.3 is 0 Å². The number of hydrogen-bond donors (Lipinski definition) is 1. The SMILES string of the molecule is Cc1cccc(Cl)c1CN1CCc2[nH]c(=S)ncc2C1. The molecule has 1 aromatic heterocycles. The lowest BCUT2D eigenvalue weighted by atomic mass is 10.0. The Balaban J connectivity index is 1.81. The number of fused-ring (bicyclic) bond motifs is 1. The van der Waals surface area contributed by atoms with Crippen molar-refractivity contribution in [3.05, 3.63) is 56.6 Å². The summed E-state index contributed by atoms with van der Waals surface area (Å²) < 4.78 is 0.569. The molecule has 0 saturated heterocycles. The number of halogens is 1. The highest BCUT2D eigenvalue weighted by Crippen LogP contribution is 2.24. The van der Waals surface area contributed by atoms with Crippen molar-refractivity contribution < 1.29 is 0 Å². The molecule has 0 fully saturated rings. The Morgan fingerprint density at radius 1 is 1.45 bits per heavy atom. The maximum atomic E-state index is 6.31. The molecule has 2 heterocycles. The van der Waals surface area contributed by atoms with Gasteiger partial charge in [-0.25, -0.2) is 4.98 Å². The Morgan fingerprint density at radius 3 is 3.10 bits per heavy atom. The van der Waals surface area contributed by atoms with Crippen LogP contribution in [-0.4, -0.2) is 21.4 Å². The summed E-state index contributed by atoms with van der Waals surface area (Å²) in [6.45, 7) is 4.88. The molecule has 3 nitrogen and oxygen atoms in total. The molecule has 0 atom stereocenters. The molecule has 0 saturated carbocycles. The van der Waals surface area contributed by atoms with Gasteiger partial charge in [-0.05, 0) is 36.3 Å². The molecular formula is C15H16ClN3S. The van der Waals surface area contributed by atoms with Crippen LogP contribution in [0.25, 0.3) is 0 Å². The lowest BCUT2D eigenvalue weighted by Gasteiger charge is -2.29. The predicted octanol–water partition coefficient (Wildman–Crippen LogP) is 3.66. The standard InChI is InChI=1S/C15H16ClN3S/c1-10-3-2-4-13(16)12(10)9-19-6-5-14-11(8-19)7-17-15(20)18-14/h2-4,7H,5-6,8-9H2,1H3,(H,17,18,20). The lowest BCUT2D eigenvalue weighted by molar-refractivity contribution is 0.242. The molecule has 0 radical (unpaired) electrons. The van der Waals surface area contributed by atoms with E-state index in [1.54, 1.807) is 0 Å². The molecule has 0 aliphatic carbocycles. The second-order valence-corrected chi connectivity index (χ2v) is 5.98. The first kappa shape index (κ1) is 13.7. The average molecular weight is 306 g/mol. The first-order valence-corrected chi connectivity index (χ1v) is 7.45. The summed E-state index contributed by atoms with van der Waals surface area (Å²) in [5, 5.41) is 0.849. The largest absolute Gasteiger partial charge is 0.334 e. The summed E-state index contributed by atoms with van der Waals surface area (Å²) >= 11 is 11.4. The third kappa shape index (κ3) is 2.77. The molecule has 0 amide bonds. The second kappa shape index (κ2) is 5.64. The highest BCUT2D eigenvalue weighted by atomic mass is 35.5. The van der Waals surface area contributed by atoms with Gasteiger partial charge < -0.3 is 4.98 Å². The predicted molar refractivity (Wildman–Crippen MR) is 83.4 cm³/mol. The van der Waals surface area contributed by atoms with E-state index in [4.69, 9.17) is 23.8 Å². The fourth-order valence-corrected chi connectivity index (χ4v) is 3.09. The molecule has 1 N–H and O–H groups in total. The summed E-state index contributed by atoms with van der Waals surface area (Å²) in [6, 6.07) is 6.06. The zero-order valence-electron chi connectivity index (χ0n) is 11.3. The van der Waals surface area contributed by atoms with Crippen LogP contribution in [0.15, 0.2) is 24.4 Å². The minimum Gasteiger partial charge on any atom is -0.334 e. The van der Waals surface area contributed by atoms with E-state index in [1.807, 2.05) is 18.3 Å². The zero-order valence-corrected chi connectivity index (χ0v) is 12.9. The van der Waals surface area contributed by atoms with Crippen LogP contribution in [-0.2, 0) is 19.5 Å². The van der Waals surface area contributed by atoms with Crippen LogP contribution in [0.1, 0.15) is 22.4 Å². The maximum absolute atomic E-state index is 6.31. The third-order valence-corrected chi connectivity index (χ3v) is 4.35. The van der Waals surface area contributed by atoms with Crippen LogP contribution >= 0.6 is 23.8 Å². The van der Waals surface area contributed by atoms with Crippen molar-refractivity contribution in [2.75, 3.05) is 6.54 Å². The molecule has 0 spiro atoms. The number of hydrogen-bond acceptors (Lipinski definition) is 3. The van der Waals surface area contributed by atoms with Crippen LogP contribution in [0.3, 0.4) is 0 Å². The number of nitrogens with zero attached hydrogens (tertiary/aromatic N) is 2. The highest BCUT2D eigenvalue weighted by molar-refractivity contribution is 7.71. The van der Waals surface area contributed by atoms with Gasteiger partial charge in [-0.1, -0.05) is 23.7 Å². The van der Waals surface area contributed by atoms with Gasteiger partial charge in [0.25, 0.3) is 0 Å². The number of rotatable bonds is 2. The Labute approximate surface area is 128 Å². The fourth-order valence-electron chi connectivity index (χ4n) is 2.63. The monoisotopic (exact) mass is 305 g/mol. The normalized spacial score (nSPS) is 15.1. The molecule has 0 unspecified atom stereocenters. The van der Waals surface area contributed by atoms with Crippen LogP contribution in [0.4, 0.5) is 0 Å². The van der Waals surface area contributed by atoms with E-state index in [9.17, 15) is 0 Å². The van der Waals surface area contributed by atoms with Gasteiger partial charge in [-0.3, -0.25) is 4.90 Å². The van der Waals surface area contributed by atoms with Gasteiger partial charge in [0.15, 0.2) is 4.77 Å². The highest BCUT2D eigenvalue weighted by Gasteiger charge is 2.18. The zero-order chi connectivity index (χ0) is 14.1. The van der Waals surface area contributed by atoms with Crippen molar-refractivity contribution in [2.24, 2.45) is 0 Å². The Bertz CT molecular complexity index is 676. The van der Waals surface area contributed by atoms with Gasteiger partial charge in [-0.15, -0.1) is 0 Å². The first-order chi connectivity index (χ1) is 9.63. The summed E-state index contributed by atoms with van der Waals surface area (Å²) in [5.41, 5.74) is 4.91. The van der Waals surface area contributed by atoms with Gasteiger partial charge in [0, 0.05) is 48.5 Å². The van der Waals surface area contributed by atoms with Crippen LogP contribution in [0.2, 0.25) is 5.02 Å². The van der Waals surface area contributed by atoms with Crippen molar-refractivity contribution in [1.29, 1.82) is 0 Å². The average Bonchev–Trinajstić information content (AvgIpc) is 2.43. The molecule has 1 aliphatic rings. The second-order valence-electron chi connectivity index (χ2n) is 5.19. The van der Waals surface area contributed by atoms with Crippen molar-refractivity contribution in [2.45, 2.75) is 26.4 Å². The number of aromatic nitrogens is 2. The Hall–Kier alpha value is -1.23. The molecule has 3 rings (SSSR count). The summed E-state index contributed by atoms with van der Waals surface area (Å²) in [4.78, 5) is 9.76. The van der Waals surface area contributed by atoms with Crippen molar-refractivity contribution in [3.63, 3.8) is 0 Å². The van der Waals surface area contributed by atoms with Gasteiger partial charge in [0.2, 0.25) is 0 Å². The quantitative estimate of drug-likeness (QED) is 0.859. The van der Waals surface area contributed by atoms with Gasteiger partial charge in [-0.2, -0.15) is 0 Å². The number of H-pyrrole nitrogens is 1. The molecule has 104 valence electrons. The minimum atomic E-state index is 0.569. The number of nitrogens with one attached hydrogen (secondary N) is 1. The van der Waals surface area contributed by atoms with Gasteiger partial charge in [0.1, 0.15) is 0 Å². The van der Waals surface area contributed by atoms with E-state index in [1.165, 1.54) is 22.4 Å². The maximum Gasteiger partial charge on any atom is 0.196 e. The van der Waals surface area contributed by atoms with Crippen molar-refractivity contribution in [3.8, 4) is 0 Å². The third-order valence-electron chi connectivity index (χ3n) is 3.79. The number of aromatic amines is 1. The van der Waals surface area contributed by atoms with E-state index in [2.05, 4.69) is 27.9 Å². The minimum absolute atomic E-state index is 0.569. The Morgan fingerprint density at radius 2 is 2.30 bits per heavy atom. The molecule has 2 aromatic rings. The van der Waals surface area contributed by atoms with E-state index in [-0.39, 0.29) is 0 Å². The van der Waals surface area contributed by atoms with Crippen molar-refractivity contribution >= 4 is 23.8 Å². The van der Waals surface area contributed by atoms with E-state index >= 15 is 0 Å². The lowest BCUT2D eigenvalue weighted by Crippen LogP contribution is -2.31. The van der Waals surface area contributed by atoms with Crippen LogP contribution in [0.5, 0.6) is 0 Å². The van der Waals surface area contributed by atoms with Crippen molar-refractivity contribution in [1.82, 2.24) is 14.9 Å². The molecule has 0 bridgehead atoms. The summed E-state index contributed by atoms with van der Waals surface area (Å²) in [7, 11) is 0. The summed E-state index contributed by atoms with van der Waals surface area (Å²) in [6.07, 6.45) is 2.87. The Kier molecular flexibility index (Phi) is 3.87. The number of aryl methyl sites for hydroxylation is 1. The molecule has 20 heavy (non-hydrogen) atoms. The topological polar surface area (TPSA) is 31.9 Å². The molecule has 5 heteroatoms. The van der Waals surface area contributed by atoms with Gasteiger partial charge in [0.05, 0.1) is 0 Å². The van der Waals surface area contributed by atoms with E-state index in [0.29, 0.717) is 4.77 Å². The first-order valence-electron chi connectivity index (χ1n) is 6.67. The fraction of sp³-hybridized carbons (Fsp3) is 0.333. The smallest absolute Gasteiger partial charge is 0.196 e. The molecule has 1 aromatic carbocycles.